The van der Waals surface area contributed by atoms with Gasteiger partial charge in [0.15, 0.2) is 0 Å². The number of aliphatic hydroxyl groups is 1. The number of rotatable bonds is 3. The smallest absolute Gasteiger partial charge is 0.247 e. The lowest BCUT2D eigenvalue weighted by Gasteiger charge is -2.23. The zero-order chi connectivity index (χ0) is 10.8. The molecule has 1 unspecified atom stereocenters. The minimum atomic E-state index is -1.30. The van der Waals surface area contributed by atoms with E-state index in [9.17, 15) is 10.1 Å². The van der Waals surface area contributed by atoms with Gasteiger partial charge in [0.1, 0.15) is 0 Å². The maximum Gasteiger partial charge on any atom is 0.247 e. The number of nitrogens with two attached hydrogens (primary N) is 1. The van der Waals surface area contributed by atoms with Crippen molar-refractivity contribution in [3.8, 4) is 0 Å². The maximum absolute atomic E-state index is 10.8. The fraction of sp³-hybridized carbons (Fsp3) is 0.500. The first-order valence-electron chi connectivity index (χ1n) is 4.11. The molecule has 0 saturated heterocycles. The largest absolute Gasteiger partial charge is 0.398 e. The number of nitro groups is 1. The van der Waals surface area contributed by atoms with Crippen LogP contribution in [0, 0.1) is 10.1 Å². The summed E-state index contributed by atoms with van der Waals surface area (Å²) < 4.78 is 0. The molecule has 0 saturated carbocycles. The molecule has 0 aromatic carbocycles. The van der Waals surface area contributed by atoms with Crippen molar-refractivity contribution < 1.29 is 10.0 Å². The van der Waals surface area contributed by atoms with Crippen molar-refractivity contribution in [2.24, 2.45) is 5.73 Å². The van der Waals surface area contributed by atoms with Gasteiger partial charge in [-0.15, -0.1) is 0 Å². The van der Waals surface area contributed by atoms with Gasteiger partial charge < -0.3 is 10.8 Å². The molecule has 0 aliphatic heterocycles. The summed E-state index contributed by atoms with van der Waals surface area (Å²) in [7, 11) is 0. The Hall–Kier alpha value is -1.07. The van der Waals surface area contributed by atoms with Gasteiger partial charge in [0.05, 0.1) is 11.6 Å². The lowest BCUT2D eigenvalue weighted by atomic mass is 9.88. The minimum absolute atomic E-state index is 0.0417. The Labute approximate surface area is 86.0 Å². The van der Waals surface area contributed by atoms with Crippen LogP contribution in [0.4, 0.5) is 0 Å². The van der Waals surface area contributed by atoms with Gasteiger partial charge >= 0.3 is 0 Å². The number of nitrogens with zero attached hydrogens (tertiary/aromatic N) is 1. The lowest BCUT2D eigenvalue weighted by molar-refractivity contribution is -0.556. The van der Waals surface area contributed by atoms with Crippen molar-refractivity contribution in [3.05, 3.63) is 33.0 Å². The standard InChI is InChI=1S/C8H11ClN2O3/c9-6-5-8(3-4-12,11(13)14)2-1-7(6)10/h1,5,12H,2-4,10H2. The van der Waals surface area contributed by atoms with Crippen LogP contribution in [0.25, 0.3) is 0 Å². The molecule has 0 aromatic rings. The summed E-state index contributed by atoms with van der Waals surface area (Å²) in [6, 6.07) is 0. The average Bonchev–Trinajstić information content (AvgIpc) is 2.12. The normalized spacial score (nSPS) is 26.7. The molecule has 6 heteroatoms. The second kappa shape index (κ2) is 3.98. The van der Waals surface area contributed by atoms with Crippen molar-refractivity contribution in [2.75, 3.05) is 6.61 Å². The summed E-state index contributed by atoms with van der Waals surface area (Å²) in [6.07, 6.45) is 3.03. The molecule has 78 valence electrons. The molecular weight excluding hydrogens is 208 g/mol. The van der Waals surface area contributed by atoms with Crippen molar-refractivity contribution in [2.45, 2.75) is 18.4 Å². The predicted octanol–water partition coefficient (Wildman–Crippen LogP) is 0.753. The number of hydrogen-bond donors (Lipinski definition) is 2. The van der Waals surface area contributed by atoms with Gasteiger partial charge in [-0.2, -0.15) is 0 Å². The number of hydrogen-bond acceptors (Lipinski definition) is 4. The molecule has 1 rings (SSSR count). The third-order valence-electron chi connectivity index (χ3n) is 2.25. The van der Waals surface area contributed by atoms with Crippen LogP contribution in [0.15, 0.2) is 22.9 Å². The summed E-state index contributed by atoms with van der Waals surface area (Å²) in [5, 5.41) is 19.8. The highest BCUT2D eigenvalue weighted by atomic mass is 35.5. The minimum Gasteiger partial charge on any atom is -0.398 e. The molecule has 1 aliphatic carbocycles. The molecule has 1 atom stereocenters. The first-order chi connectivity index (χ1) is 6.52. The number of allylic oxidation sites excluding steroid dienone is 1. The molecule has 0 amide bonds. The third-order valence-corrected chi connectivity index (χ3v) is 2.58. The topological polar surface area (TPSA) is 89.4 Å². The Bertz CT molecular complexity index is 314. The van der Waals surface area contributed by atoms with Gasteiger partial charge in [0.2, 0.25) is 5.54 Å². The lowest BCUT2D eigenvalue weighted by Crippen LogP contribution is -2.38. The summed E-state index contributed by atoms with van der Waals surface area (Å²) in [5.74, 6) is 0. The van der Waals surface area contributed by atoms with E-state index in [1.807, 2.05) is 0 Å². The highest BCUT2D eigenvalue weighted by Crippen LogP contribution is 2.31. The number of halogens is 1. The van der Waals surface area contributed by atoms with Gasteiger partial charge in [-0.05, 0) is 0 Å². The molecule has 14 heavy (non-hydrogen) atoms. The van der Waals surface area contributed by atoms with Gasteiger partial charge in [-0.1, -0.05) is 17.7 Å². The van der Waals surface area contributed by atoms with E-state index < -0.39 is 10.5 Å². The van der Waals surface area contributed by atoms with Crippen LogP contribution in [0.1, 0.15) is 12.8 Å². The molecule has 0 spiro atoms. The van der Waals surface area contributed by atoms with Gasteiger partial charge in [0.25, 0.3) is 0 Å². The first-order valence-corrected chi connectivity index (χ1v) is 4.49. The molecule has 5 nitrogen and oxygen atoms in total. The monoisotopic (exact) mass is 218 g/mol. The Kier molecular flexibility index (Phi) is 3.13. The molecule has 1 aliphatic rings. The second-order valence-electron chi connectivity index (χ2n) is 3.19. The SMILES string of the molecule is NC1=CCC(CCO)([N+](=O)[O-])C=C1Cl. The molecular formula is C8H11ClN2O3. The zero-order valence-corrected chi connectivity index (χ0v) is 8.20. The highest BCUT2D eigenvalue weighted by molar-refractivity contribution is 6.32. The Morgan fingerprint density at radius 1 is 1.79 bits per heavy atom. The molecule has 0 bridgehead atoms. The second-order valence-corrected chi connectivity index (χ2v) is 3.60. The van der Waals surface area contributed by atoms with E-state index in [1.54, 1.807) is 0 Å². The van der Waals surface area contributed by atoms with Crippen molar-refractivity contribution in [3.63, 3.8) is 0 Å². The van der Waals surface area contributed by atoms with E-state index in [4.69, 9.17) is 22.4 Å². The van der Waals surface area contributed by atoms with Gasteiger partial charge in [-0.3, -0.25) is 10.1 Å². The van der Waals surface area contributed by atoms with E-state index in [1.165, 1.54) is 12.2 Å². The van der Waals surface area contributed by atoms with Crippen LogP contribution in [0.2, 0.25) is 0 Å². The van der Waals surface area contributed by atoms with Crippen LogP contribution >= 0.6 is 11.6 Å². The maximum atomic E-state index is 10.8. The van der Waals surface area contributed by atoms with Crippen molar-refractivity contribution >= 4 is 11.6 Å². The van der Waals surface area contributed by atoms with Crippen LogP contribution in [0.5, 0.6) is 0 Å². The average molecular weight is 219 g/mol. The fourth-order valence-electron chi connectivity index (χ4n) is 1.35. The molecule has 3 N–H and O–H groups in total. The molecule has 0 aromatic heterocycles. The number of aliphatic hydroxyl groups excluding tert-OH is 1. The van der Waals surface area contributed by atoms with Crippen LogP contribution in [0.3, 0.4) is 0 Å². The summed E-state index contributed by atoms with van der Waals surface area (Å²) in [5.41, 5.74) is 4.52. The summed E-state index contributed by atoms with van der Waals surface area (Å²) >= 11 is 5.71. The van der Waals surface area contributed by atoms with E-state index in [-0.39, 0.29) is 24.5 Å². The fourth-order valence-corrected chi connectivity index (χ4v) is 1.63. The highest BCUT2D eigenvalue weighted by Gasteiger charge is 2.41. The van der Waals surface area contributed by atoms with Gasteiger partial charge in [0, 0.05) is 29.5 Å². The Morgan fingerprint density at radius 3 is 2.86 bits per heavy atom. The predicted molar refractivity (Wildman–Crippen MR) is 52.3 cm³/mol. The quantitative estimate of drug-likeness (QED) is 0.541. The summed E-state index contributed by atoms with van der Waals surface area (Å²) in [4.78, 5) is 10.4. The molecule has 0 radical (unpaired) electrons. The third kappa shape index (κ3) is 1.88. The van der Waals surface area contributed by atoms with Crippen molar-refractivity contribution in [1.29, 1.82) is 0 Å². The Morgan fingerprint density at radius 2 is 2.43 bits per heavy atom. The van der Waals surface area contributed by atoms with Gasteiger partial charge in [-0.25, -0.2) is 0 Å². The zero-order valence-electron chi connectivity index (χ0n) is 7.44. The van der Waals surface area contributed by atoms with E-state index in [0.717, 1.165) is 0 Å². The van der Waals surface area contributed by atoms with Crippen LogP contribution in [-0.2, 0) is 0 Å². The van der Waals surface area contributed by atoms with Crippen LogP contribution in [-0.4, -0.2) is 22.2 Å². The van der Waals surface area contributed by atoms with Crippen molar-refractivity contribution in [1.82, 2.24) is 0 Å². The van der Waals surface area contributed by atoms with E-state index in [2.05, 4.69) is 0 Å². The summed E-state index contributed by atoms with van der Waals surface area (Å²) in [6.45, 7) is -0.255. The molecule has 0 heterocycles. The first kappa shape index (κ1) is 11.0. The van der Waals surface area contributed by atoms with E-state index >= 15 is 0 Å². The molecule has 0 fully saturated rings. The Balaban J connectivity index is 2.99. The van der Waals surface area contributed by atoms with Crippen LogP contribution < -0.4 is 5.73 Å². The van der Waals surface area contributed by atoms with E-state index in [0.29, 0.717) is 5.70 Å².